The summed E-state index contributed by atoms with van der Waals surface area (Å²) in [5.41, 5.74) is 31.6. The van der Waals surface area contributed by atoms with E-state index < -0.39 is 20.2 Å². The van der Waals surface area contributed by atoms with Gasteiger partial charge in [0.05, 0.1) is 9.79 Å². The largest absolute Gasteiger partial charge is 2.00 e. The van der Waals surface area contributed by atoms with Gasteiger partial charge in [0.15, 0.2) is 0 Å². The number of rotatable bonds is 6. The summed E-state index contributed by atoms with van der Waals surface area (Å²) in [6.07, 6.45) is 1.89. The van der Waals surface area contributed by atoms with E-state index in [1.54, 1.807) is 0 Å². The van der Waals surface area contributed by atoms with E-state index in [0.29, 0.717) is 11.4 Å². The van der Waals surface area contributed by atoms with Crippen molar-refractivity contribution < 1.29 is 53.4 Å². The zero-order chi connectivity index (χ0) is 25.2. The minimum atomic E-state index is -4.33. The number of anilines is 2. The Hall–Kier alpha value is -1.89. The summed E-state index contributed by atoms with van der Waals surface area (Å²) < 4.78 is 62.1. The molecule has 0 heterocycles. The molecule has 0 aliphatic rings. The number of hydrogen-bond donors (Lipinski definition) is 6. The van der Waals surface area contributed by atoms with Gasteiger partial charge in [0, 0.05) is 11.4 Å². The van der Waals surface area contributed by atoms with Gasteiger partial charge in [0.2, 0.25) is 0 Å². The van der Waals surface area contributed by atoms with E-state index in [4.69, 9.17) is 34.4 Å². The zero-order valence-electron chi connectivity index (χ0n) is 19.1. The molecule has 2 rings (SSSR count). The van der Waals surface area contributed by atoms with E-state index in [0.717, 1.165) is 39.0 Å². The van der Waals surface area contributed by atoms with Gasteiger partial charge < -0.3 is 54.5 Å². The fourth-order valence-corrected chi connectivity index (χ4v) is 2.44. The second-order valence-electron chi connectivity index (χ2n) is 5.91. The summed E-state index contributed by atoms with van der Waals surface area (Å²) in [5.74, 6) is 0. The summed E-state index contributed by atoms with van der Waals surface area (Å²) in [7, 11) is -8.65. The van der Waals surface area contributed by atoms with Crippen LogP contribution < -0.4 is 34.4 Å². The van der Waals surface area contributed by atoms with E-state index in [9.17, 15) is 25.9 Å². The third kappa shape index (κ3) is 25.0. The summed E-state index contributed by atoms with van der Waals surface area (Å²) in [4.78, 5) is -0.515. The first-order valence-corrected chi connectivity index (χ1v) is 12.1. The van der Waals surface area contributed by atoms with Crippen LogP contribution in [-0.4, -0.2) is 52.1 Å². The predicted molar refractivity (Wildman–Crippen MR) is 133 cm³/mol. The molecule has 0 radical (unpaired) electrons. The van der Waals surface area contributed by atoms with Gasteiger partial charge in [-0.1, -0.05) is 0 Å². The molecule has 0 aliphatic heterocycles. The van der Waals surface area contributed by atoms with E-state index in [-0.39, 0.29) is 37.2 Å². The molecule has 0 amide bonds. The molecular formula is C18H38N6NiO8S2+2. The topological polar surface area (TPSA) is 337 Å². The summed E-state index contributed by atoms with van der Waals surface area (Å²) in [6.45, 7) is 2.88. The van der Waals surface area contributed by atoms with Crippen LogP contribution in [0.2, 0.25) is 0 Å². The molecule has 35 heavy (non-hydrogen) atoms. The second-order valence-corrected chi connectivity index (χ2v) is 8.67. The van der Waals surface area contributed by atoms with Crippen molar-refractivity contribution in [2.75, 3.05) is 37.6 Å². The maximum atomic E-state index is 10.3. The van der Waals surface area contributed by atoms with Gasteiger partial charge in [-0.3, -0.25) is 0 Å². The van der Waals surface area contributed by atoms with E-state index in [1.165, 1.54) is 48.5 Å². The van der Waals surface area contributed by atoms with Crippen molar-refractivity contribution in [1.29, 1.82) is 0 Å². The summed E-state index contributed by atoms with van der Waals surface area (Å²) in [5, 5.41) is 0. The van der Waals surface area contributed by atoms with Gasteiger partial charge in [-0.2, -0.15) is 0 Å². The molecule has 0 aromatic heterocycles. The molecule has 18 N–H and O–H groups in total. The third-order valence-electron chi connectivity index (χ3n) is 3.15. The first-order chi connectivity index (χ1) is 14.8. The van der Waals surface area contributed by atoms with E-state index in [2.05, 4.69) is 0 Å². The van der Waals surface area contributed by atoms with Crippen molar-refractivity contribution in [1.82, 2.24) is 0 Å². The fourth-order valence-electron chi connectivity index (χ4n) is 1.50. The molecule has 2 aromatic rings. The molecule has 0 aliphatic carbocycles. The van der Waals surface area contributed by atoms with Crippen LogP contribution in [0.4, 0.5) is 11.4 Å². The molecular weight excluding hydrogens is 551 g/mol. The molecule has 14 nitrogen and oxygen atoms in total. The Kier molecular flexibility index (Phi) is 29.4. The predicted octanol–water partition coefficient (Wildman–Crippen LogP) is -2.91. The van der Waals surface area contributed by atoms with Crippen LogP contribution in [-0.2, 0) is 47.7 Å². The Bertz CT molecular complexity index is 864. The molecule has 0 fully saturated rings. The Balaban J connectivity index is -0.000000118. The first-order valence-electron chi connectivity index (χ1n) is 9.26. The minimum Gasteiger partial charge on any atom is -0.744 e. The van der Waals surface area contributed by atoms with E-state index in [1.807, 2.05) is 0 Å². The molecule has 17 heteroatoms. The van der Waals surface area contributed by atoms with Crippen molar-refractivity contribution in [3.8, 4) is 0 Å². The van der Waals surface area contributed by atoms with Gasteiger partial charge in [-0.05, 0) is 87.6 Å². The van der Waals surface area contributed by atoms with Crippen molar-refractivity contribution in [3.63, 3.8) is 0 Å². The molecule has 0 saturated carbocycles. The van der Waals surface area contributed by atoms with Crippen molar-refractivity contribution in [2.45, 2.75) is 22.6 Å². The van der Waals surface area contributed by atoms with Gasteiger partial charge in [0.1, 0.15) is 20.2 Å². The number of nitrogens with two attached hydrogens (primary N) is 6. The van der Waals surface area contributed by atoms with Crippen molar-refractivity contribution in [3.05, 3.63) is 48.5 Å². The Morgan fingerprint density at radius 3 is 0.857 bits per heavy atom. The van der Waals surface area contributed by atoms with Crippen LogP contribution in [0, 0.1) is 0 Å². The second kappa shape index (κ2) is 23.8. The quantitative estimate of drug-likeness (QED) is 0.0854. The van der Waals surface area contributed by atoms with E-state index >= 15 is 0 Å². The summed E-state index contributed by atoms with van der Waals surface area (Å²) >= 11 is 0. The molecule has 0 spiro atoms. The molecule has 0 atom stereocenters. The van der Waals surface area contributed by atoms with Gasteiger partial charge in [0.25, 0.3) is 0 Å². The van der Waals surface area contributed by atoms with Crippen LogP contribution in [0.15, 0.2) is 58.3 Å². The molecule has 0 bridgehead atoms. The fraction of sp³-hybridized carbons (Fsp3) is 0.333. The van der Waals surface area contributed by atoms with Crippen LogP contribution in [0.3, 0.4) is 0 Å². The molecule has 0 unspecified atom stereocenters. The van der Waals surface area contributed by atoms with Crippen molar-refractivity contribution in [2.24, 2.45) is 22.9 Å². The maximum Gasteiger partial charge on any atom is 2.00 e. The number of benzene rings is 2. The standard InChI is InChI=1S/2C6H7NO3S.2C3H10N2.Ni.2H2O/c2*7-5-1-3-6(4-2-5)11(8,9)10;2*4-2-1-3-5;;;/h2*1-4H,7H2,(H,8,9,10);2*1-5H2;;2*1H2/q;;;;+2;;. The van der Waals surface area contributed by atoms with Gasteiger partial charge in [-0.15, -0.1) is 0 Å². The average molecular weight is 589 g/mol. The number of nitrogen functional groups attached to an aromatic ring is 2. The average Bonchev–Trinajstić information content (AvgIpc) is 2.70. The van der Waals surface area contributed by atoms with Gasteiger partial charge >= 0.3 is 16.5 Å². The SMILES string of the molecule is NCCCN.NCCCN.Nc1ccc(S(=O)(=O)[O-])cc1.Nc1ccc(S(=O)(=O)[O-])cc1.[Ni+2].[OH3+].[OH3+]. The molecule has 0 saturated heterocycles. The molecule has 208 valence electrons. The monoisotopic (exact) mass is 588 g/mol. The van der Waals surface area contributed by atoms with Gasteiger partial charge in [-0.25, -0.2) is 16.8 Å². The van der Waals surface area contributed by atoms with Crippen LogP contribution in [0.1, 0.15) is 12.8 Å². The third-order valence-corrected chi connectivity index (χ3v) is 4.85. The van der Waals surface area contributed by atoms with Crippen molar-refractivity contribution >= 4 is 31.6 Å². The number of hydrogen-bond acceptors (Lipinski definition) is 12. The summed E-state index contributed by atoms with van der Waals surface area (Å²) in [6, 6.07) is 10.2. The minimum absolute atomic E-state index is 0. The van der Waals surface area contributed by atoms with Crippen LogP contribution in [0.5, 0.6) is 0 Å². The zero-order valence-corrected chi connectivity index (χ0v) is 21.7. The van der Waals surface area contributed by atoms with Crippen LogP contribution in [0.25, 0.3) is 0 Å². The van der Waals surface area contributed by atoms with Crippen LogP contribution >= 0.6 is 0 Å². The maximum absolute atomic E-state index is 10.3. The Morgan fingerprint density at radius 2 is 0.743 bits per heavy atom. The first kappa shape index (κ1) is 43.2. The smallest absolute Gasteiger partial charge is 0.744 e. The Morgan fingerprint density at radius 1 is 0.543 bits per heavy atom. The normalized spacial score (nSPS) is 9.54. The Labute approximate surface area is 216 Å². The molecule has 2 aromatic carbocycles.